The zero-order valence-electron chi connectivity index (χ0n) is 13.6. The number of carbonyl (C=O) groups is 2. The number of hydrogen-bond donors (Lipinski definition) is 2. The second kappa shape index (κ2) is 9.30. The summed E-state index contributed by atoms with van der Waals surface area (Å²) in [5, 5.41) is 6.08. The van der Waals surface area contributed by atoms with E-state index in [1.54, 1.807) is 19.2 Å². The maximum Gasteiger partial charge on any atom is 0.233 e. The van der Waals surface area contributed by atoms with Gasteiger partial charge < -0.3 is 15.4 Å². The Hall–Kier alpha value is -2.24. The van der Waals surface area contributed by atoms with Crippen molar-refractivity contribution in [3.63, 3.8) is 0 Å². The molecule has 2 N–H and O–H groups in total. The predicted octanol–water partition coefficient (Wildman–Crippen LogP) is 3.69. The number of nitrogens with one attached hydrogen (secondary N) is 2. The van der Waals surface area contributed by atoms with Gasteiger partial charge in [0.25, 0.3) is 0 Å². The van der Waals surface area contributed by atoms with E-state index in [1.807, 2.05) is 24.3 Å². The molecule has 7 heteroatoms. The molecule has 0 unspecified atom stereocenters. The zero-order valence-corrected chi connectivity index (χ0v) is 15.2. The third-order valence-corrected chi connectivity index (χ3v) is 3.98. The van der Waals surface area contributed by atoms with E-state index in [4.69, 9.17) is 27.9 Å². The van der Waals surface area contributed by atoms with E-state index in [1.165, 1.54) is 6.07 Å². The van der Waals surface area contributed by atoms with E-state index in [0.29, 0.717) is 28.7 Å². The highest BCUT2D eigenvalue weighted by Gasteiger charge is 2.11. The minimum Gasteiger partial charge on any atom is -0.496 e. The van der Waals surface area contributed by atoms with Crippen LogP contribution in [-0.2, 0) is 16.0 Å². The predicted molar refractivity (Wildman–Crippen MR) is 99.4 cm³/mol. The molecule has 0 bridgehead atoms. The molecule has 25 heavy (non-hydrogen) atoms. The van der Waals surface area contributed by atoms with E-state index in [0.717, 1.165) is 11.3 Å². The van der Waals surface area contributed by atoms with Crippen LogP contribution in [0.5, 0.6) is 5.75 Å². The zero-order chi connectivity index (χ0) is 18.2. The van der Waals surface area contributed by atoms with Crippen LogP contribution in [0.3, 0.4) is 0 Å². The largest absolute Gasteiger partial charge is 0.496 e. The molecule has 0 atom stereocenters. The number of anilines is 1. The Balaban J connectivity index is 1.78. The SMILES string of the molecule is COc1ccccc1CCNC(=O)CC(=O)Nc1ccc(Cl)cc1Cl. The first-order valence-corrected chi connectivity index (χ1v) is 8.38. The van der Waals surface area contributed by atoms with Gasteiger partial charge in [0.2, 0.25) is 11.8 Å². The van der Waals surface area contributed by atoms with Gasteiger partial charge in [0, 0.05) is 11.6 Å². The summed E-state index contributed by atoms with van der Waals surface area (Å²) >= 11 is 11.8. The Kier molecular flexibility index (Phi) is 7.10. The van der Waals surface area contributed by atoms with Crippen LogP contribution < -0.4 is 15.4 Å². The van der Waals surface area contributed by atoms with Crippen LogP contribution in [-0.4, -0.2) is 25.5 Å². The monoisotopic (exact) mass is 380 g/mol. The summed E-state index contributed by atoms with van der Waals surface area (Å²) in [5.74, 6) is -0.0385. The third kappa shape index (κ3) is 5.96. The average Bonchev–Trinajstić information content (AvgIpc) is 2.58. The highest BCUT2D eigenvalue weighted by atomic mass is 35.5. The van der Waals surface area contributed by atoms with E-state index < -0.39 is 5.91 Å². The summed E-state index contributed by atoms with van der Waals surface area (Å²) in [6.45, 7) is 0.411. The topological polar surface area (TPSA) is 67.4 Å². The molecule has 0 aromatic heterocycles. The van der Waals surface area contributed by atoms with Gasteiger partial charge in [0.1, 0.15) is 12.2 Å². The van der Waals surface area contributed by atoms with Gasteiger partial charge in [-0.2, -0.15) is 0 Å². The van der Waals surface area contributed by atoms with Crippen LogP contribution in [0.25, 0.3) is 0 Å². The van der Waals surface area contributed by atoms with Gasteiger partial charge in [-0.15, -0.1) is 0 Å². The molecule has 0 heterocycles. The van der Waals surface area contributed by atoms with Crippen LogP contribution in [0.4, 0.5) is 5.69 Å². The van der Waals surface area contributed by atoms with Crippen molar-refractivity contribution in [2.24, 2.45) is 0 Å². The number of ether oxygens (including phenoxy) is 1. The molecule has 0 saturated heterocycles. The van der Waals surface area contributed by atoms with Gasteiger partial charge in [0.05, 0.1) is 17.8 Å². The van der Waals surface area contributed by atoms with Crippen molar-refractivity contribution in [1.82, 2.24) is 5.32 Å². The first kappa shape index (κ1) is 19.1. The molecule has 5 nitrogen and oxygen atoms in total. The van der Waals surface area contributed by atoms with Gasteiger partial charge in [-0.1, -0.05) is 41.4 Å². The standard InChI is InChI=1S/C18H18Cl2N2O3/c1-25-16-5-3-2-4-12(16)8-9-21-17(23)11-18(24)22-15-7-6-13(19)10-14(15)20/h2-7,10H,8-9,11H2,1H3,(H,21,23)(H,22,24). The molecule has 0 fully saturated rings. The smallest absolute Gasteiger partial charge is 0.233 e. The third-order valence-electron chi connectivity index (χ3n) is 3.44. The molecule has 0 aliphatic rings. The number of benzene rings is 2. The molecular formula is C18H18Cl2N2O3. The number of halogens is 2. The average molecular weight is 381 g/mol. The first-order chi connectivity index (χ1) is 12.0. The minimum absolute atomic E-state index is 0.287. The van der Waals surface area contributed by atoms with Crippen molar-refractivity contribution in [3.05, 3.63) is 58.1 Å². The normalized spacial score (nSPS) is 10.2. The van der Waals surface area contributed by atoms with Gasteiger partial charge in [-0.3, -0.25) is 9.59 Å². The van der Waals surface area contributed by atoms with Crippen LogP contribution in [0.2, 0.25) is 10.0 Å². The van der Waals surface area contributed by atoms with E-state index in [-0.39, 0.29) is 12.3 Å². The lowest BCUT2D eigenvalue weighted by molar-refractivity contribution is -0.126. The summed E-state index contributed by atoms with van der Waals surface area (Å²) < 4.78 is 5.25. The fourth-order valence-corrected chi connectivity index (χ4v) is 2.70. The number of carbonyl (C=O) groups excluding carboxylic acids is 2. The molecule has 2 aromatic carbocycles. The van der Waals surface area contributed by atoms with Gasteiger partial charge in [-0.05, 0) is 36.2 Å². The molecule has 0 aliphatic carbocycles. The Labute approximate surface area is 156 Å². The van der Waals surface area contributed by atoms with E-state index in [2.05, 4.69) is 10.6 Å². The van der Waals surface area contributed by atoms with Gasteiger partial charge >= 0.3 is 0 Å². The summed E-state index contributed by atoms with van der Waals surface area (Å²) in [6.07, 6.45) is 0.325. The summed E-state index contributed by atoms with van der Waals surface area (Å²) in [4.78, 5) is 23.8. The van der Waals surface area contributed by atoms with Crippen molar-refractivity contribution in [1.29, 1.82) is 0 Å². The molecule has 0 saturated carbocycles. The van der Waals surface area contributed by atoms with Crippen LogP contribution >= 0.6 is 23.2 Å². The van der Waals surface area contributed by atoms with E-state index in [9.17, 15) is 9.59 Å². The summed E-state index contributed by atoms with van der Waals surface area (Å²) in [6, 6.07) is 12.3. The molecule has 0 aliphatic heterocycles. The quantitative estimate of drug-likeness (QED) is 0.719. The van der Waals surface area contributed by atoms with E-state index >= 15 is 0 Å². The Morgan fingerprint density at radius 3 is 2.56 bits per heavy atom. The molecule has 2 aromatic rings. The second-order valence-electron chi connectivity index (χ2n) is 5.26. The Morgan fingerprint density at radius 2 is 1.84 bits per heavy atom. The van der Waals surface area contributed by atoms with Crippen molar-refractivity contribution in [3.8, 4) is 5.75 Å². The van der Waals surface area contributed by atoms with Crippen LogP contribution in [0, 0.1) is 0 Å². The first-order valence-electron chi connectivity index (χ1n) is 7.63. The summed E-state index contributed by atoms with van der Waals surface area (Å²) in [7, 11) is 1.60. The maximum atomic E-state index is 11.9. The van der Waals surface area contributed by atoms with Gasteiger partial charge in [0.15, 0.2) is 0 Å². The molecular weight excluding hydrogens is 363 g/mol. The van der Waals surface area contributed by atoms with Crippen molar-refractivity contribution in [2.45, 2.75) is 12.8 Å². The lowest BCUT2D eigenvalue weighted by Crippen LogP contribution is -2.29. The molecule has 0 spiro atoms. The maximum absolute atomic E-state index is 11.9. The van der Waals surface area contributed by atoms with Crippen LogP contribution in [0.15, 0.2) is 42.5 Å². The lowest BCUT2D eigenvalue weighted by Gasteiger charge is -2.10. The summed E-state index contributed by atoms with van der Waals surface area (Å²) in [5.41, 5.74) is 1.40. The Bertz CT molecular complexity index is 766. The van der Waals surface area contributed by atoms with Crippen LogP contribution in [0.1, 0.15) is 12.0 Å². The fourth-order valence-electron chi connectivity index (χ4n) is 2.24. The fraction of sp³-hybridized carbons (Fsp3) is 0.222. The number of rotatable bonds is 7. The van der Waals surface area contributed by atoms with Crippen molar-refractivity contribution >= 4 is 40.7 Å². The highest BCUT2D eigenvalue weighted by Crippen LogP contribution is 2.25. The van der Waals surface area contributed by atoms with Crippen molar-refractivity contribution in [2.75, 3.05) is 19.0 Å². The molecule has 2 rings (SSSR count). The van der Waals surface area contributed by atoms with Gasteiger partial charge in [-0.25, -0.2) is 0 Å². The van der Waals surface area contributed by atoms with Crippen molar-refractivity contribution < 1.29 is 14.3 Å². The molecule has 2 amide bonds. The Morgan fingerprint density at radius 1 is 1.08 bits per heavy atom. The number of para-hydroxylation sites is 1. The highest BCUT2D eigenvalue weighted by molar-refractivity contribution is 6.36. The number of hydrogen-bond acceptors (Lipinski definition) is 3. The minimum atomic E-state index is -0.445. The molecule has 132 valence electrons. The number of amides is 2. The lowest BCUT2D eigenvalue weighted by atomic mass is 10.1. The number of methoxy groups -OCH3 is 1. The molecule has 0 radical (unpaired) electrons. The second-order valence-corrected chi connectivity index (χ2v) is 6.10.